The smallest absolute Gasteiger partial charge is 0.254 e. The molecule has 4 rings (SSSR count). The number of rotatable bonds is 4. The minimum atomic E-state index is 0.0805. The van der Waals surface area contributed by atoms with Crippen molar-refractivity contribution in [2.24, 2.45) is 5.92 Å². The lowest BCUT2D eigenvalue weighted by molar-refractivity contribution is 0.00714. The molecule has 7 nitrogen and oxygen atoms in total. The number of amides is 1. The number of hydrogen-bond acceptors (Lipinski definition) is 5. The van der Waals surface area contributed by atoms with E-state index in [4.69, 9.17) is 4.74 Å². The third kappa shape index (κ3) is 3.18. The number of carbonyl (C=O) groups excluding carboxylic acids is 1. The van der Waals surface area contributed by atoms with Gasteiger partial charge in [-0.2, -0.15) is 0 Å². The monoisotopic (exact) mass is 327 g/mol. The number of aromatic nitrogens is 3. The highest BCUT2D eigenvalue weighted by Crippen LogP contribution is 2.21. The molecule has 0 aromatic carbocycles. The van der Waals surface area contributed by atoms with Gasteiger partial charge in [0.1, 0.15) is 12.1 Å². The molecule has 0 saturated carbocycles. The van der Waals surface area contributed by atoms with Crippen molar-refractivity contribution in [2.45, 2.75) is 0 Å². The topological polar surface area (TPSA) is 63.5 Å². The Hall–Kier alpha value is -2.25. The molecular formula is C17H21N5O2. The number of imidazole rings is 1. The lowest BCUT2D eigenvalue weighted by Crippen LogP contribution is -2.54. The minimum Gasteiger partial charge on any atom is -0.379 e. The molecule has 7 heteroatoms. The number of nitrogens with zero attached hydrogens (tertiary/aromatic N) is 5. The van der Waals surface area contributed by atoms with Gasteiger partial charge in [-0.05, 0) is 12.1 Å². The molecule has 0 bridgehead atoms. The fraction of sp³-hybridized carbons (Fsp3) is 0.471. The number of hydrogen-bond donors (Lipinski definition) is 0. The van der Waals surface area contributed by atoms with Crippen molar-refractivity contribution in [1.82, 2.24) is 24.3 Å². The van der Waals surface area contributed by atoms with Gasteiger partial charge in [0.2, 0.25) is 0 Å². The third-order valence-corrected chi connectivity index (χ3v) is 4.63. The molecule has 0 unspecified atom stereocenters. The van der Waals surface area contributed by atoms with Crippen molar-refractivity contribution >= 4 is 5.91 Å². The summed E-state index contributed by atoms with van der Waals surface area (Å²) in [7, 11) is 0. The average molecular weight is 327 g/mol. The van der Waals surface area contributed by atoms with E-state index in [-0.39, 0.29) is 5.91 Å². The van der Waals surface area contributed by atoms with Crippen LogP contribution in [0.3, 0.4) is 0 Å². The molecule has 0 atom stereocenters. The highest BCUT2D eigenvalue weighted by atomic mass is 16.5. The van der Waals surface area contributed by atoms with Crippen LogP contribution in [-0.4, -0.2) is 76.2 Å². The lowest BCUT2D eigenvalue weighted by atomic mass is 9.98. The first-order chi connectivity index (χ1) is 11.8. The summed E-state index contributed by atoms with van der Waals surface area (Å²) in [6.07, 6.45) is 6.87. The van der Waals surface area contributed by atoms with Crippen LogP contribution in [0.5, 0.6) is 0 Å². The van der Waals surface area contributed by atoms with Crippen LogP contribution in [0, 0.1) is 5.92 Å². The van der Waals surface area contributed by atoms with Gasteiger partial charge >= 0.3 is 0 Å². The van der Waals surface area contributed by atoms with Gasteiger partial charge in [-0.1, -0.05) is 0 Å². The van der Waals surface area contributed by atoms with Crippen molar-refractivity contribution in [3.05, 3.63) is 42.6 Å². The predicted octanol–water partition coefficient (Wildman–Crippen LogP) is 0.671. The molecule has 2 aromatic rings. The van der Waals surface area contributed by atoms with Gasteiger partial charge in [-0.25, -0.2) is 9.97 Å². The first-order valence-electron chi connectivity index (χ1n) is 8.33. The van der Waals surface area contributed by atoms with Crippen molar-refractivity contribution in [2.75, 3.05) is 45.9 Å². The van der Waals surface area contributed by atoms with E-state index < -0.39 is 0 Å². The standard InChI is InChI=1S/C17H21N5O2/c23-17(15-1-2-19-16(9-15)21-4-3-18-13-21)22-11-14(12-22)10-20-5-7-24-8-6-20/h1-4,9,13-14H,5-8,10-12H2. The van der Waals surface area contributed by atoms with E-state index in [1.165, 1.54) is 0 Å². The quantitative estimate of drug-likeness (QED) is 0.826. The Morgan fingerprint density at radius 2 is 2.08 bits per heavy atom. The van der Waals surface area contributed by atoms with Gasteiger partial charge in [0.15, 0.2) is 0 Å². The van der Waals surface area contributed by atoms with Crippen LogP contribution in [0.4, 0.5) is 0 Å². The molecule has 2 fully saturated rings. The molecule has 0 radical (unpaired) electrons. The van der Waals surface area contributed by atoms with Gasteiger partial charge in [0.25, 0.3) is 5.91 Å². The maximum atomic E-state index is 12.6. The molecule has 4 heterocycles. The van der Waals surface area contributed by atoms with Crippen molar-refractivity contribution in [3.63, 3.8) is 0 Å². The van der Waals surface area contributed by atoms with E-state index in [2.05, 4.69) is 14.9 Å². The molecule has 2 aliphatic heterocycles. The second-order valence-electron chi connectivity index (χ2n) is 6.36. The summed E-state index contributed by atoms with van der Waals surface area (Å²) < 4.78 is 7.17. The zero-order valence-corrected chi connectivity index (χ0v) is 13.5. The maximum absolute atomic E-state index is 12.6. The predicted molar refractivity (Wildman–Crippen MR) is 88.0 cm³/mol. The fourth-order valence-electron chi connectivity index (χ4n) is 3.27. The van der Waals surface area contributed by atoms with Crippen molar-refractivity contribution in [3.8, 4) is 5.82 Å². The number of likely N-dealkylation sites (tertiary alicyclic amines) is 1. The molecule has 2 aliphatic rings. The van der Waals surface area contributed by atoms with Gasteiger partial charge in [-0.15, -0.1) is 0 Å². The van der Waals surface area contributed by atoms with Crippen LogP contribution in [-0.2, 0) is 4.74 Å². The Bertz CT molecular complexity index is 691. The Labute approximate surface area is 140 Å². The van der Waals surface area contributed by atoms with E-state index in [1.54, 1.807) is 29.4 Å². The zero-order valence-electron chi connectivity index (χ0n) is 13.5. The largest absolute Gasteiger partial charge is 0.379 e. The van der Waals surface area contributed by atoms with Crippen LogP contribution in [0.25, 0.3) is 5.82 Å². The molecule has 2 aromatic heterocycles. The summed E-state index contributed by atoms with van der Waals surface area (Å²) >= 11 is 0. The molecule has 0 spiro atoms. The highest BCUT2D eigenvalue weighted by molar-refractivity contribution is 5.95. The Morgan fingerprint density at radius 1 is 1.25 bits per heavy atom. The maximum Gasteiger partial charge on any atom is 0.254 e. The second kappa shape index (κ2) is 6.70. The van der Waals surface area contributed by atoms with Crippen LogP contribution < -0.4 is 0 Å². The second-order valence-corrected chi connectivity index (χ2v) is 6.36. The average Bonchev–Trinajstić information content (AvgIpc) is 3.13. The van der Waals surface area contributed by atoms with Gasteiger partial charge < -0.3 is 9.64 Å². The first-order valence-corrected chi connectivity index (χ1v) is 8.33. The van der Waals surface area contributed by atoms with E-state index in [9.17, 15) is 4.79 Å². The number of pyridine rings is 1. The molecule has 2 saturated heterocycles. The third-order valence-electron chi connectivity index (χ3n) is 4.63. The Kier molecular flexibility index (Phi) is 4.27. The first kappa shape index (κ1) is 15.3. The molecule has 24 heavy (non-hydrogen) atoms. The van der Waals surface area contributed by atoms with E-state index in [0.717, 1.165) is 45.9 Å². The summed E-state index contributed by atoms with van der Waals surface area (Å²) in [4.78, 5) is 25.3. The van der Waals surface area contributed by atoms with E-state index >= 15 is 0 Å². The molecule has 126 valence electrons. The van der Waals surface area contributed by atoms with Gasteiger partial charge in [-0.3, -0.25) is 14.3 Å². The Balaban J connectivity index is 1.35. The summed E-state index contributed by atoms with van der Waals surface area (Å²) in [5, 5.41) is 0. The summed E-state index contributed by atoms with van der Waals surface area (Å²) in [5.74, 6) is 1.36. The van der Waals surface area contributed by atoms with Crippen LogP contribution in [0.1, 0.15) is 10.4 Å². The Morgan fingerprint density at radius 3 is 2.83 bits per heavy atom. The van der Waals surface area contributed by atoms with Crippen molar-refractivity contribution in [1.29, 1.82) is 0 Å². The SMILES string of the molecule is O=C(c1ccnc(-n2ccnc2)c1)N1CC(CN2CCOCC2)C1. The number of carbonyl (C=O) groups is 1. The normalized spacial score (nSPS) is 19.2. The molecule has 1 amide bonds. The fourth-order valence-corrected chi connectivity index (χ4v) is 3.27. The minimum absolute atomic E-state index is 0.0805. The van der Waals surface area contributed by atoms with Crippen LogP contribution in [0.15, 0.2) is 37.1 Å². The highest BCUT2D eigenvalue weighted by Gasteiger charge is 2.32. The summed E-state index contributed by atoms with van der Waals surface area (Å²) in [6.45, 7) is 6.38. The van der Waals surface area contributed by atoms with Gasteiger partial charge in [0.05, 0.1) is 13.2 Å². The van der Waals surface area contributed by atoms with E-state index in [1.807, 2.05) is 17.2 Å². The van der Waals surface area contributed by atoms with E-state index in [0.29, 0.717) is 17.3 Å². The molecule has 0 N–H and O–H groups in total. The number of morpholine rings is 1. The summed E-state index contributed by atoms with van der Waals surface area (Å²) in [6, 6.07) is 3.59. The van der Waals surface area contributed by atoms with Gasteiger partial charge in [0, 0.05) is 62.8 Å². The number of ether oxygens (including phenoxy) is 1. The zero-order chi connectivity index (χ0) is 16.4. The van der Waals surface area contributed by atoms with Crippen molar-refractivity contribution < 1.29 is 9.53 Å². The van der Waals surface area contributed by atoms with Crippen LogP contribution in [0.2, 0.25) is 0 Å². The molecule has 0 aliphatic carbocycles. The lowest BCUT2D eigenvalue weighted by Gasteiger charge is -2.42. The molecular weight excluding hydrogens is 306 g/mol. The van der Waals surface area contributed by atoms with Crippen LogP contribution >= 0.6 is 0 Å². The summed E-state index contributed by atoms with van der Waals surface area (Å²) in [5.41, 5.74) is 0.679.